The predicted molar refractivity (Wildman–Crippen MR) is 83.0 cm³/mol. The van der Waals surface area contributed by atoms with Gasteiger partial charge in [-0.05, 0) is 27.4 Å². The Morgan fingerprint density at radius 1 is 1.48 bits per heavy atom. The lowest BCUT2D eigenvalue weighted by molar-refractivity contribution is 0.0998. The number of ether oxygens (including phenoxy) is 1. The Labute approximate surface area is 127 Å². The molecule has 3 N–H and O–H groups in total. The number of hydrazine groups is 1. The molecule has 0 amide bonds. The number of piperazine rings is 1. The number of aryl methyl sites for hydroxylation is 1. The van der Waals surface area contributed by atoms with Crippen LogP contribution < -0.4 is 16.0 Å². The van der Waals surface area contributed by atoms with Crippen LogP contribution in [0.15, 0.2) is 6.20 Å². The summed E-state index contributed by atoms with van der Waals surface area (Å²) in [5.41, 5.74) is 3.98. The average molecular weight is 296 g/mol. The highest BCUT2D eigenvalue weighted by Gasteiger charge is 2.28. The molecular formula is C14H28N6O. The summed E-state index contributed by atoms with van der Waals surface area (Å²) in [7, 11) is 6.02. The second-order valence-corrected chi connectivity index (χ2v) is 5.77. The molecule has 0 bridgehead atoms. The van der Waals surface area contributed by atoms with Crippen molar-refractivity contribution in [1.29, 1.82) is 0 Å². The topological polar surface area (TPSA) is 71.6 Å². The van der Waals surface area contributed by atoms with E-state index in [0.717, 1.165) is 44.0 Å². The molecule has 1 saturated heterocycles. The molecule has 21 heavy (non-hydrogen) atoms. The summed E-state index contributed by atoms with van der Waals surface area (Å²) < 4.78 is 7.40. The number of methoxy groups -OCH3 is 1. The molecule has 0 spiro atoms. The van der Waals surface area contributed by atoms with Crippen molar-refractivity contribution >= 4 is 0 Å². The number of aromatic nitrogens is 2. The van der Waals surface area contributed by atoms with Gasteiger partial charge in [0.1, 0.15) is 0 Å². The fourth-order valence-corrected chi connectivity index (χ4v) is 3.03. The molecule has 0 radical (unpaired) electrons. The summed E-state index contributed by atoms with van der Waals surface area (Å²) in [6.45, 7) is 6.13. The number of likely N-dealkylation sites (N-methyl/N-ethyl adjacent to an activating group) is 2. The first-order chi connectivity index (χ1) is 10.1. The molecule has 0 saturated carbocycles. The zero-order valence-electron chi connectivity index (χ0n) is 13.5. The Balaban J connectivity index is 2.17. The van der Waals surface area contributed by atoms with Crippen LogP contribution >= 0.6 is 0 Å². The number of hydrogen-bond acceptors (Lipinski definition) is 6. The van der Waals surface area contributed by atoms with Gasteiger partial charge in [-0.1, -0.05) is 0 Å². The normalized spacial score (nSPS) is 22.4. The Bertz CT molecular complexity index is 427. The van der Waals surface area contributed by atoms with Crippen LogP contribution in [0.2, 0.25) is 0 Å². The molecule has 1 aromatic rings. The van der Waals surface area contributed by atoms with Crippen molar-refractivity contribution in [2.24, 2.45) is 5.84 Å². The van der Waals surface area contributed by atoms with Crippen LogP contribution in [-0.4, -0.2) is 66.5 Å². The average Bonchev–Trinajstić information content (AvgIpc) is 2.91. The second-order valence-electron chi connectivity index (χ2n) is 5.77. The van der Waals surface area contributed by atoms with Gasteiger partial charge in [-0.3, -0.25) is 16.0 Å². The van der Waals surface area contributed by atoms with Gasteiger partial charge in [-0.15, -0.1) is 0 Å². The molecule has 1 aliphatic rings. The lowest BCUT2D eigenvalue weighted by atomic mass is 10.0. The Morgan fingerprint density at radius 3 is 2.86 bits per heavy atom. The highest BCUT2D eigenvalue weighted by Crippen LogP contribution is 2.29. The molecular weight excluding hydrogens is 268 g/mol. The highest BCUT2D eigenvalue weighted by molar-refractivity contribution is 5.28. The smallest absolute Gasteiger partial charge is 0.161 e. The molecule has 120 valence electrons. The minimum Gasteiger partial charge on any atom is -0.493 e. The van der Waals surface area contributed by atoms with Crippen LogP contribution in [0.1, 0.15) is 25.1 Å². The predicted octanol–water partition coefficient (Wildman–Crippen LogP) is 0.0519. The van der Waals surface area contributed by atoms with E-state index in [-0.39, 0.29) is 6.04 Å². The number of hydrogen-bond donors (Lipinski definition) is 2. The molecule has 7 heteroatoms. The molecule has 1 fully saturated rings. The highest BCUT2D eigenvalue weighted by atomic mass is 16.5. The molecule has 0 aliphatic carbocycles. The molecule has 0 aromatic carbocycles. The van der Waals surface area contributed by atoms with Crippen LogP contribution in [0.3, 0.4) is 0 Å². The molecule has 2 rings (SSSR count). The van der Waals surface area contributed by atoms with E-state index in [1.807, 2.05) is 4.68 Å². The van der Waals surface area contributed by atoms with Crippen LogP contribution in [0.4, 0.5) is 0 Å². The van der Waals surface area contributed by atoms with Gasteiger partial charge >= 0.3 is 0 Å². The van der Waals surface area contributed by atoms with E-state index >= 15 is 0 Å². The standard InChI is InChI=1S/C14H28N6O/c1-5-20-14(13(21-4)9-16-20)12(17-15)8-11-10-18(2)6-7-19(11)3/h9,11-12,17H,5-8,10,15H2,1-4H3. The molecule has 1 aliphatic heterocycles. The van der Waals surface area contributed by atoms with E-state index in [1.54, 1.807) is 13.3 Å². The fraction of sp³-hybridized carbons (Fsp3) is 0.786. The largest absolute Gasteiger partial charge is 0.493 e. The zero-order valence-corrected chi connectivity index (χ0v) is 13.5. The Morgan fingerprint density at radius 2 is 2.24 bits per heavy atom. The molecule has 2 atom stereocenters. The van der Waals surface area contributed by atoms with E-state index < -0.39 is 0 Å². The van der Waals surface area contributed by atoms with Crippen LogP contribution in [0.25, 0.3) is 0 Å². The van der Waals surface area contributed by atoms with E-state index in [1.165, 1.54) is 0 Å². The second kappa shape index (κ2) is 7.22. The summed E-state index contributed by atoms with van der Waals surface area (Å²) in [5, 5.41) is 4.37. The van der Waals surface area contributed by atoms with E-state index in [2.05, 4.69) is 41.3 Å². The van der Waals surface area contributed by atoms with Crippen LogP contribution in [-0.2, 0) is 6.54 Å². The molecule has 2 heterocycles. The van der Waals surface area contributed by atoms with Crippen molar-refractivity contribution in [2.75, 3.05) is 40.8 Å². The van der Waals surface area contributed by atoms with E-state index in [0.29, 0.717) is 6.04 Å². The van der Waals surface area contributed by atoms with Gasteiger partial charge < -0.3 is 14.5 Å². The van der Waals surface area contributed by atoms with Crippen molar-refractivity contribution < 1.29 is 4.74 Å². The first-order valence-electron chi connectivity index (χ1n) is 7.55. The van der Waals surface area contributed by atoms with Crippen molar-refractivity contribution in [1.82, 2.24) is 25.0 Å². The number of rotatable bonds is 6. The summed E-state index contributed by atoms with van der Waals surface area (Å²) >= 11 is 0. The first kappa shape index (κ1) is 16.2. The Hall–Kier alpha value is -1.15. The van der Waals surface area contributed by atoms with Gasteiger partial charge in [0.25, 0.3) is 0 Å². The third kappa shape index (κ3) is 3.55. The number of nitrogens with two attached hydrogens (primary N) is 1. The molecule has 1 aromatic heterocycles. The third-order valence-corrected chi connectivity index (χ3v) is 4.38. The zero-order chi connectivity index (χ0) is 15.4. The molecule has 2 unspecified atom stereocenters. The maximum Gasteiger partial charge on any atom is 0.161 e. The number of nitrogens with zero attached hydrogens (tertiary/aromatic N) is 4. The summed E-state index contributed by atoms with van der Waals surface area (Å²) in [6.07, 6.45) is 2.69. The molecule has 7 nitrogen and oxygen atoms in total. The quantitative estimate of drug-likeness (QED) is 0.571. The third-order valence-electron chi connectivity index (χ3n) is 4.38. The van der Waals surface area contributed by atoms with Crippen molar-refractivity contribution in [3.05, 3.63) is 11.9 Å². The van der Waals surface area contributed by atoms with Gasteiger partial charge in [-0.2, -0.15) is 5.10 Å². The van der Waals surface area contributed by atoms with Crippen molar-refractivity contribution in [3.63, 3.8) is 0 Å². The monoisotopic (exact) mass is 296 g/mol. The first-order valence-corrected chi connectivity index (χ1v) is 7.55. The number of nitrogens with one attached hydrogen (secondary N) is 1. The van der Waals surface area contributed by atoms with E-state index in [9.17, 15) is 0 Å². The minimum atomic E-state index is 0.0290. The summed E-state index contributed by atoms with van der Waals surface area (Å²) in [6, 6.07) is 0.496. The minimum absolute atomic E-state index is 0.0290. The van der Waals surface area contributed by atoms with Crippen molar-refractivity contribution in [3.8, 4) is 5.75 Å². The fourth-order valence-electron chi connectivity index (χ4n) is 3.03. The lowest BCUT2D eigenvalue weighted by Gasteiger charge is -2.39. The van der Waals surface area contributed by atoms with Crippen molar-refractivity contribution in [2.45, 2.75) is 32.0 Å². The van der Waals surface area contributed by atoms with Crippen LogP contribution in [0.5, 0.6) is 5.75 Å². The van der Waals surface area contributed by atoms with Gasteiger partial charge in [0.2, 0.25) is 0 Å². The summed E-state index contributed by atoms with van der Waals surface area (Å²) in [4.78, 5) is 4.77. The maximum absolute atomic E-state index is 5.83. The van der Waals surface area contributed by atoms with Gasteiger partial charge in [0, 0.05) is 32.2 Å². The van der Waals surface area contributed by atoms with Crippen LogP contribution in [0, 0.1) is 0 Å². The van der Waals surface area contributed by atoms with E-state index in [4.69, 9.17) is 10.6 Å². The Kier molecular flexibility index (Phi) is 5.58. The van der Waals surface area contributed by atoms with Gasteiger partial charge in [0.15, 0.2) is 5.75 Å². The van der Waals surface area contributed by atoms with Gasteiger partial charge in [0.05, 0.1) is 25.0 Å². The maximum atomic E-state index is 5.83. The summed E-state index contributed by atoms with van der Waals surface area (Å²) in [5.74, 6) is 6.63. The van der Waals surface area contributed by atoms with Gasteiger partial charge in [-0.25, -0.2) is 0 Å². The SMILES string of the molecule is CCn1ncc(OC)c1C(CC1CN(C)CCN1C)NN. The lowest BCUT2D eigenvalue weighted by Crippen LogP contribution is -2.51.